The van der Waals surface area contributed by atoms with Gasteiger partial charge in [-0.1, -0.05) is 28.1 Å². The topological polar surface area (TPSA) is 83.3 Å². The first-order valence-electron chi connectivity index (χ1n) is 9.01. The summed E-state index contributed by atoms with van der Waals surface area (Å²) in [6.07, 6.45) is 1.37. The van der Waals surface area contributed by atoms with E-state index in [-0.39, 0.29) is 23.2 Å². The number of halogens is 2. The van der Waals surface area contributed by atoms with Crippen molar-refractivity contribution in [2.45, 2.75) is 4.90 Å². The molecule has 1 aliphatic rings. The molecule has 0 saturated carbocycles. The zero-order valence-electron chi connectivity index (χ0n) is 15.5. The molecule has 2 aromatic carbocycles. The van der Waals surface area contributed by atoms with Gasteiger partial charge in [0.2, 0.25) is 10.0 Å². The summed E-state index contributed by atoms with van der Waals surface area (Å²) < 4.78 is 40.8. The molecule has 1 amide bonds. The van der Waals surface area contributed by atoms with Gasteiger partial charge in [0, 0.05) is 4.47 Å². The lowest BCUT2D eigenvalue weighted by atomic mass is 10.2. The van der Waals surface area contributed by atoms with Crippen molar-refractivity contribution in [1.82, 2.24) is 9.73 Å². The molecule has 3 rings (SSSR count). The van der Waals surface area contributed by atoms with Gasteiger partial charge < -0.3 is 4.90 Å². The van der Waals surface area contributed by atoms with Gasteiger partial charge in [0.1, 0.15) is 5.82 Å². The van der Waals surface area contributed by atoms with Gasteiger partial charge in [-0.25, -0.2) is 18.2 Å². The molecule has 0 aliphatic carbocycles. The first-order chi connectivity index (χ1) is 13.8. The standard InChI is InChI=1S/C19H20BrFN4O3S/c20-16-4-6-18(7-5-16)29(27,28)25-10-8-24(9-11-25)14-19(26)23-22-13-15-2-1-3-17(21)12-15/h1-7,12-13H,8-11,14H2,(H,23,26)/p+1/b22-13+. The van der Waals surface area contributed by atoms with Crippen molar-refractivity contribution in [2.75, 3.05) is 32.7 Å². The summed E-state index contributed by atoms with van der Waals surface area (Å²) in [5, 5.41) is 3.83. The summed E-state index contributed by atoms with van der Waals surface area (Å²) in [5.41, 5.74) is 2.97. The van der Waals surface area contributed by atoms with E-state index in [1.807, 2.05) is 0 Å². The highest BCUT2D eigenvalue weighted by atomic mass is 79.9. The lowest BCUT2D eigenvalue weighted by Crippen LogP contribution is -3.15. The van der Waals surface area contributed by atoms with Crippen LogP contribution >= 0.6 is 15.9 Å². The number of rotatable bonds is 6. The maximum absolute atomic E-state index is 13.1. The molecule has 29 heavy (non-hydrogen) atoms. The second-order valence-electron chi connectivity index (χ2n) is 6.63. The van der Waals surface area contributed by atoms with Gasteiger partial charge in [0.15, 0.2) is 6.54 Å². The van der Waals surface area contributed by atoms with Crippen LogP contribution in [0.15, 0.2) is 63.0 Å². The normalized spacial score (nSPS) is 16.2. The predicted octanol–water partition coefficient (Wildman–Crippen LogP) is 0.628. The molecule has 0 atom stereocenters. The van der Waals surface area contributed by atoms with E-state index in [1.165, 1.54) is 22.7 Å². The number of carbonyl (C=O) groups excluding carboxylic acids is 1. The van der Waals surface area contributed by atoms with E-state index in [0.29, 0.717) is 31.7 Å². The van der Waals surface area contributed by atoms with E-state index in [1.54, 1.807) is 36.4 Å². The Morgan fingerprint density at radius 3 is 2.55 bits per heavy atom. The molecule has 0 bridgehead atoms. The summed E-state index contributed by atoms with van der Waals surface area (Å²) in [4.78, 5) is 13.3. The molecule has 0 spiro atoms. The highest BCUT2D eigenvalue weighted by Crippen LogP contribution is 2.18. The van der Waals surface area contributed by atoms with Gasteiger partial charge in [-0.15, -0.1) is 0 Å². The molecule has 7 nitrogen and oxygen atoms in total. The molecule has 1 aliphatic heterocycles. The fourth-order valence-electron chi connectivity index (χ4n) is 3.01. The molecule has 2 aromatic rings. The van der Waals surface area contributed by atoms with Crippen LogP contribution in [0.3, 0.4) is 0 Å². The number of piperazine rings is 1. The minimum Gasteiger partial charge on any atom is -0.325 e. The largest absolute Gasteiger partial charge is 0.325 e. The zero-order chi connectivity index (χ0) is 20.9. The average Bonchev–Trinajstić information content (AvgIpc) is 2.69. The highest BCUT2D eigenvalue weighted by Gasteiger charge is 2.31. The Labute approximate surface area is 177 Å². The van der Waals surface area contributed by atoms with Crippen LogP contribution in [0.4, 0.5) is 4.39 Å². The van der Waals surface area contributed by atoms with Crippen LogP contribution in [0.25, 0.3) is 0 Å². The molecular formula is C19H21BrFN4O3S+. The molecule has 154 valence electrons. The first kappa shape index (κ1) is 21.6. The van der Waals surface area contributed by atoms with E-state index >= 15 is 0 Å². The smallest absolute Gasteiger partial charge is 0.295 e. The third-order valence-electron chi connectivity index (χ3n) is 4.54. The minimum absolute atomic E-state index is 0.187. The van der Waals surface area contributed by atoms with Crippen LogP contribution in [-0.4, -0.2) is 57.6 Å². The number of hydrazone groups is 1. The van der Waals surface area contributed by atoms with E-state index in [9.17, 15) is 17.6 Å². The SMILES string of the molecule is O=C(C[NH+]1CCN(S(=O)(=O)c2ccc(Br)cc2)CC1)N/N=C/c1cccc(F)c1. The number of hydrogen-bond donors (Lipinski definition) is 2. The van der Waals surface area contributed by atoms with Gasteiger partial charge in [-0.3, -0.25) is 4.79 Å². The zero-order valence-corrected chi connectivity index (χ0v) is 17.9. The van der Waals surface area contributed by atoms with Crippen LogP contribution in [0.1, 0.15) is 5.56 Å². The highest BCUT2D eigenvalue weighted by molar-refractivity contribution is 9.10. The average molecular weight is 484 g/mol. The Balaban J connectivity index is 1.48. The quantitative estimate of drug-likeness (QED) is 0.466. The molecule has 0 aromatic heterocycles. The summed E-state index contributed by atoms with van der Waals surface area (Å²) >= 11 is 3.30. The molecule has 2 N–H and O–H groups in total. The second kappa shape index (κ2) is 9.57. The molecule has 10 heteroatoms. The van der Waals surface area contributed by atoms with Crippen LogP contribution < -0.4 is 10.3 Å². The van der Waals surface area contributed by atoms with E-state index < -0.39 is 10.0 Å². The lowest BCUT2D eigenvalue weighted by Gasteiger charge is -2.31. The molecule has 1 heterocycles. The molecular weight excluding hydrogens is 463 g/mol. The van der Waals surface area contributed by atoms with Crippen molar-refractivity contribution in [3.05, 3.63) is 64.4 Å². The van der Waals surface area contributed by atoms with Gasteiger partial charge in [-0.2, -0.15) is 9.41 Å². The maximum atomic E-state index is 13.1. The number of sulfonamides is 1. The van der Waals surface area contributed by atoms with Gasteiger partial charge >= 0.3 is 0 Å². The van der Waals surface area contributed by atoms with E-state index in [0.717, 1.165) is 9.37 Å². The van der Waals surface area contributed by atoms with Crippen LogP contribution in [0, 0.1) is 5.82 Å². The van der Waals surface area contributed by atoms with Crippen molar-refractivity contribution in [3.8, 4) is 0 Å². The summed E-state index contributed by atoms with van der Waals surface area (Å²) in [6, 6.07) is 12.4. The molecule has 1 fully saturated rings. The Hall–Kier alpha value is -2.14. The number of hydrogen-bond acceptors (Lipinski definition) is 4. The number of carbonyl (C=O) groups is 1. The van der Waals surface area contributed by atoms with Crippen LogP contribution in [-0.2, 0) is 14.8 Å². The Morgan fingerprint density at radius 1 is 1.21 bits per heavy atom. The lowest BCUT2D eigenvalue weighted by molar-refractivity contribution is -0.895. The first-order valence-corrected chi connectivity index (χ1v) is 11.2. The monoisotopic (exact) mass is 483 g/mol. The van der Waals surface area contributed by atoms with Crippen molar-refractivity contribution in [1.29, 1.82) is 0 Å². The van der Waals surface area contributed by atoms with Gasteiger partial charge in [-0.05, 0) is 42.0 Å². The minimum atomic E-state index is -3.53. The third-order valence-corrected chi connectivity index (χ3v) is 6.98. The predicted molar refractivity (Wildman–Crippen MR) is 111 cm³/mol. The van der Waals surface area contributed by atoms with E-state index in [4.69, 9.17) is 0 Å². The second-order valence-corrected chi connectivity index (χ2v) is 9.49. The molecule has 1 saturated heterocycles. The molecule has 0 radical (unpaired) electrons. The summed E-state index contributed by atoms with van der Waals surface area (Å²) in [6.45, 7) is 1.92. The fraction of sp³-hybridized carbons (Fsp3) is 0.263. The summed E-state index contributed by atoms with van der Waals surface area (Å²) in [5.74, 6) is -0.655. The van der Waals surface area contributed by atoms with Crippen molar-refractivity contribution >= 4 is 38.1 Å². The Bertz CT molecular complexity index is 991. The van der Waals surface area contributed by atoms with Crippen LogP contribution in [0.5, 0.6) is 0 Å². The van der Waals surface area contributed by atoms with Crippen molar-refractivity contribution < 1.29 is 22.5 Å². The van der Waals surface area contributed by atoms with E-state index in [2.05, 4.69) is 26.5 Å². The number of amides is 1. The third kappa shape index (κ3) is 5.92. The maximum Gasteiger partial charge on any atom is 0.295 e. The van der Waals surface area contributed by atoms with Crippen molar-refractivity contribution in [3.63, 3.8) is 0 Å². The Kier molecular flexibility index (Phi) is 7.12. The summed E-state index contributed by atoms with van der Waals surface area (Å²) in [7, 11) is -3.53. The number of benzene rings is 2. The van der Waals surface area contributed by atoms with Crippen molar-refractivity contribution in [2.24, 2.45) is 5.10 Å². The fourth-order valence-corrected chi connectivity index (χ4v) is 4.71. The molecule has 0 unspecified atom stereocenters. The number of nitrogens with zero attached hydrogens (tertiary/aromatic N) is 2. The van der Waals surface area contributed by atoms with Gasteiger partial charge in [0.05, 0.1) is 37.3 Å². The van der Waals surface area contributed by atoms with Gasteiger partial charge in [0.25, 0.3) is 5.91 Å². The Morgan fingerprint density at radius 2 is 1.90 bits per heavy atom. The van der Waals surface area contributed by atoms with Crippen LogP contribution in [0.2, 0.25) is 0 Å². The number of quaternary nitrogens is 1. The number of nitrogens with one attached hydrogen (secondary N) is 2.